The third kappa shape index (κ3) is 2.18. The number of rotatable bonds is 4. The standard InChI is InChI=1S/C12H10N4O4/c17-12-4-7-3-11(16(18)19)10(5-9(7)14-12)13-6-8-1-2-20-15-8/h1-3,5,13H,4,6H2,(H,14,17). The normalized spacial score (nSPS) is 12.9. The van der Waals surface area contributed by atoms with Crippen LogP contribution in [0.3, 0.4) is 0 Å². The van der Waals surface area contributed by atoms with E-state index in [2.05, 4.69) is 20.3 Å². The molecule has 2 aromatic rings. The molecular formula is C12H10N4O4. The molecular weight excluding hydrogens is 264 g/mol. The molecule has 3 rings (SSSR count). The van der Waals surface area contributed by atoms with Crippen LogP contribution in [-0.4, -0.2) is 16.0 Å². The number of nitro benzene ring substituents is 1. The third-order valence-corrected chi connectivity index (χ3v) is 2.99. The van der Waals surface area contributed by atoms with Crippen molar-refractivity contribution in [2.75, 3.05) is 10.6 Å². The zero-order valence-electron chi connectivity index (χ0n) is 10.3. The summed E-state index contributed by atoms with van der Waals surface area (Å²) in [6.45, 7) is 0.296. The van der Waals surface area contributed by atoms with Gasteiger partial charge in [0.05, 0.1) is 17.9 Å². The van der Waals surface area contributed by atoms with Gasteiger partial charge in [0.1, 0.15) is 17.6 Å². The number of hydrogen-bond acceptors (Lipinski definition) is 6. The minimum atomic E-state index is -0.478. The molecule has 0 saturated heterocycles. The highest BCUT2D eigenvalue weighted by Crippen LogP contribution is 2.34. The largest absolute Gasteiger partial charge is 0.374 e. The topological polar surface area (TPSA) is 110 Å². The lowest BCUT2D eigenvalue weighted by molar-refractivity contribution is -0.384. The Kier molecular flexibility index (Phi) is 2.82. The van der Waals surface area contributed by atoms with Crippen LogP contribution in [-0.2, 0) is 17.8 Å². The van der Waals surface area contributed by atoms with Crippen LogP contribution in [0.5, 0.6) is 0 Å². The number of fused-ring (bicyclic) bond motifs is 1. The molecule has 0 atom stereocenters. The molecule has 0 unspecified atom stereocenters. The highest BCUT2D eigenvalue weighted by Gasteiger charge is 2.24. The fourth-order valence-corrected chi connectivity index (χ4v) is 2.07. The zero-order valence-corrected chi connectivity index (χ0v) is 10.3. The first-order chi connectivity index (χ1) is 9.63. The number of nitrogens with one attached hydrogen (secondary N) is 2. The van der Waals surface area contributed by atoms with E-state index in [0.717, 1.165) is 0 Å². The van der Waals surface area contributed by atoms with E-state index in [1.807, 2.05) is 0 Å². The van der Waals surface area contributed by atoms with Crippen molar-refractivity contribution in [3.05, 3.63) is 45.8 Å². The van der Waals surface area contributed by atoms with Crippen LogP contribution in [0.25, 0.3) is 0 Å². The molecule has 20 heavy (non-hydrogen) atoms. The highest BCUT2D eigenvalue weighted by molar-refractivity contribution is 6.00. The van der Waals surface area contributed by atoms with Gasteiger partial charge in [-0.25, -0.2) is 0 Å². The van der Waals surface area contributed by atoms with E-state index < -0.39 is 4.92 Å². The number of nitro groups is 1. The summed E-state index contributed by atoms with van der Waals surface area (Å²) in [5.41, 5.74) is 2.13. The number of anilines is 2. The minimum Gasteiger partial charge on any atom is -0.374 e. The van der Waals surface area contributed by atoms with E-state index >= 15 is 0 Å². The van der Waals surface area contributed by atoms with Crippen LogP contribution in [0.2, 0.25) is 0 Å². The summed E-state index contributed by atoms with van der Waals surface area (Å²) in [6, 6.07) is 4.64. The fraction of sp³-hybridized carbons (Fsp3) is 0.167. The maximum atomic E-state index is 11.3. The van der Waals surface area contributed by atoms with E-state index in [1.54, 1.807) is 12.1 Å². The van der Waals surface area contributed by atoms with Gasteiger partial charge in [-0.15, -0.1) is 0 Å². The molecule has 1 aliphatic heterocycles. The molecule has 0 fully saturated rings. The van der Waals surface area contributed by atoms with Gasteiger partial charge >= 0.3 is 0 Å². The molecule has 1 aliphatic rings. The molecule has 2 N–H and O–H groups in total. The number of amides is 1. The molecule has 1 aromatic carbocycles. The first kappa shape index (κ1) is 12.2. The predicted octanol–water partition coefficient (Wildman–Crippen LogP) is 1.69. The summed E-state index contributed by atoms with van der Waals surface area (Å²) in [7, 11) is 0. The molecule has 0 aliphatic carbocycles. The van der Waals surface area contributed by atoms with Gasteiger partial charge in [-0.05, 0) is 11.6 Å². The second kappa shape index (κ2) is 4.65. The van der Waals surface area contributed by atoms with Gasteiger partial charge < -0.3 is 15.2 Å². The van der Waals surface area contributed by atoms with Crippen LogP contribution >= 0.6 is 0 Å². The fourth-order valence-electron chi connectivity index (χ4n) is 2.07. The lowest BCUT2D eigenvalue weighted by Gasteiger charge is -2.07. The van der Waals surface area contributed by atoms with Crippen molar-refractivity contribution in [3.63, 3.8) is 0 Å². The van der Waals surface area contributed by atoms with Gasteiger partial charge in [-0.2, -0.15) is 0 Å². The number of hydrogen-bond donors (Lipinski definition) is 2. The molecule has 0 saturated carbocycles. The van der Waals surface area contributed by atoms with E-state index in [9.17, 15) is 14.9 Å². The Morgan fingerprint density at radius 2 is 2.35 bits per heavy atom. The quantitative estimate of drug-likeness (QED) is 0.648. The van der Waals surface area contributed by atoms with Crippen LogP contribution < -0.4 is 10.6 Å². The Bertz CT molecular complexity index is 681. The van der Waals surface area contributed by atoms with Crippen molar-refractivity contribution in [2.45, 2.75) is 13.0 Å². The summed E-state index contributed by atoms with van der Waals surface area (Å²) in [5.74, 6) is -0.164. The van der Waals surface area contributed by atoms with Gasteiger partial charge in [-0.1, -0.05) is 5.16 Å². The number of carbonyl (C=O) groups excluding carboxylic acids is 1. The lowest BCUT2D eigenvalue weighted by atomic mass is 10.1. The first-order valence-electron chi connectivity index (χ1n) is 5.88. The van der Waals surface area contributed by atoms with Crippen molar-refractivity contribution < 1.29 is 14.2 Å². The summed E-state index contributed by atoms with van der Waals surface area (Å²) in [6.07, 6.45) is 1.59. The number of nitrogens with zero attached hydrogens (tertiary/aromatic N) is 2. The highest BCUT2D eigenvalue weighted by atomic mass is 16.6. The van der Waals surface area contributed by atoms with Gasteiger partial charge in [0.25, 0.3) is 5.69 Å². The second-order valence-electron chi connectivity index (χ2n) is 4.35. The van der Waals surface area contributed by atoms with E-state index in [-0.39, 0.29) is 18.0 Å². The molecule has 0 bridgehead atoms. The van der Waals surface area contributed by atoms with Crippen LogP contribution in [0.1, 0.15) is 11.3 Å². The zero-order chi connectivity index (χ0) is 14.1. The summed E-state index contributed by atoms with van der Waals surface area (Å²) in [4.78, 5) is 21.9. The van der Waals surface area contributed by atoms with Crippen LogP contribution in [0.4, 0.5) is 17.1 Å². The van der Waals surface area contributed by atoms with Crippen molar-refractivity contribution in [1.82, 2.24) is 5.16 Å². The van der Waals surface area contributed by atoms with Crippen LogP contribution in [0.15, 0.2) is 29.0 Å². The molecule has 1 aromatic heterocycles. The van der Waals surface area contributed by atoms with E-state index in [4.69, 9.17) is 0 Å². The van der Waals surface area contributed by atoms with Gasteiger partial charge in [-0.3, -0.25) is 14.9 Å². The van der Waals surface area contributed by atoms with Crippen molar-refractivity contribution in [2.24, 2.45) is 0 Å². The predicted molar refractivity (Wildman–Crippen MR) is 69.3 cm³/mol. The Hall–Kier alpha value is -2.90. The number of aromatic nitrogens is 1. The summed E-state index contributed by atoms with van der Waals surface area (Å²) < 4.78 is 4.69. The molecule has 8 nitrogen and oxygen atoms in total. The number of carbonyl (C=O) groups is 1. The smallest absolute Gasteiger partial charge is 0.292 e. The average Bonchev–Trinajstić information content (AvgIpc) is 3.02. The van der Waals surface area contributed by atoms with E-state index in [1.165, 1.54) is 12.3 Å². The monoisotopic (exact) mass is 274 g/mol. The number of benzene rings is 1. The Morgan fingerprint density at radius 3 is 3.05 bits per heavy atom. The summed E-state index contributed by atoms with van der Waals surface area (Å²) in [5, 5.41) is 20.4. The maximum absolute atomic E-state index is 11.3. The molecule has 102 valence electrons. The molecule has 1 amide bonds. The van der Waals surface area contributed by atoms with Crippen LogP contribution in [0, 0.1) is 10.1 Å². The average molecular weight is 274 g/mol. The van der Waals surface area contributed by atoms with Gasteiger partial charge in [0, 0.05) is 17.8 Å². The van der Waals surface area contributed by atoms with Gasteiger partial charge in [0.15, 0.2) is 0 Å². The molecule has 0 radical (unpaired) electrons. The van der Waals surface area contributed by atoms with Crippen molar-refractivity contribution >= 4 is 23.0 Å². The first-order valence-corrected chi connectivity index (χ1v) is 5.88. The minimum absolute atomic E-state index is 0.0660. The summed E-state index contributed by atoms with van der Waals surface area (Å²) >= 11 is 0. The second-order valence-corrected chi connectivity index (χ2v) is 4.35. The third-order valence-electron chi connectivity index (χ3n) is 2.99. The molecule has 0 spiro atoms. The van der Waals surface area contributed by atoms with Crippen molar-refractivity contribution in [3.8, 4) is 0 Å². The SMILES string of the molecule is O=C1Cc2cc([N+](=O)[O-])c(NCc3ccon3)cc2N1. The van der Waals surface area contributed by atoms with Gasteiger partial charge in [0.2, 0.25) is 5.91 Å². The Balaban J connectivity index is 1.90. The molecule has 8 heteroatoms. The lowest BCUT2D eigenvalue weighted by Crippen LogP contribution is -2.04. The molecule has 2 heterocycles. The van der Waals surface area contributed by atoms with Crippen molar-refractivity contribution in [1.29, 1.82) is 0 Å². The maximum Gasteiger partial charge on any atom is 0.292 e. The van der Waals surface area contributed by atoms with E-state index in [0.29, 0.717) is 29.2 Å². The Labute approximate surface area is 112 Å². The Morgan fingerprint density at radius 1 is 1.50 bits per heavy atom.